The van der Waals surface area contributed by atoms with E-state index in [1.54, 1.807) is 25.1 Å². The van der Waals surface area contributed by atoms with Crippen LogP contribution in [-0.2, 0) is 9.59 Å². The summed E-state index contributed by atoms with van der Waals surface area (Å²) in [5.41, 5.74) is 6.62. The minimum atomic E-state index is -0.291. The Balaban J connectivity index is 2.55. The normalized spacial score (nSPS) is 19.4. The second-order valence-electron chi connectivity index (χ2n) is 4.20. The van der Waals surface area contributed by atoms with Crippen molar-refractivity contribution in [1.82, 2.24) is 0 Å². The molecule has 0 radical (unpaired) electrons. The fourth-order valence-corrected chi connectivity index (χ4v) is 2.46. The highest BCUT2D eigenvalue weighted by Gasteiger charge is 2.37. The largest absolute Gasteiger partial charge is 0.389 e. The lowest BCUT2D eigenvalue weighted by Gasteiger charge is -2.18. The van der Waals surface area contributed by atoms with Gasteiger partial charge in [0.25, 0.3) is 0 Å². The predicted octanol–water partition coefficient (Wildman–Crippen LogP) is 1.98. The Labute approximate surface area is 118 Å². The van der Waals surface area contributed by atoms with Crippen molar-refractivity contribution >= 4 is 50.6 Å². The molecule has 1 unspecified atom stereocenters. The standard InChI is InChI=1S/C12H11BrN2O2S/c1-6-4-10(16)15(12(6)17)9-3-2-7(13)5-8(9)11(14)18/h2-3,5-6H,4H2,1H3,(H2,14,18). The molecule has 0 bridgehead atoms. The number of thiocarbonyl (C=S) groups is 1. The molecule has 4 nitrogen and oxygen atoms in total. The third-order valence-corrected chi connectivity index (χ3v) is 3.55. The summed E-state index contributed by atoms with van der Waals surface area (Å²) in [7, 11) is 0. The second-order valence-corrected chi connectivity index (χ2v) is 5.55. The first-order valence-electron chi connectivity index (χ1n) is 5.38. The van der Waals surface area contributed by atoms with Crippen LogP contribution in [-0.4, -0.2) is 16.8 Å². The topological polar surface area (TPSA) is 63.4 Å². The summed E-state index contributed by atoms with van der Waals surface area (Å²) in [5, 5.41) is 0. The zero-order valence-electron chi connectivity index (χ0n) is 9.64. The van der Waals surface area contributed by atoms with Crippen LogP contribution in [0.1, 0.15) is 18.9 Å². The molecular weight excluding hydrogens is 316 g/mol. The third kappa shape index (κ3) is 2.18. The molecule has 2 amide bonds. The molecule has 0 aromatic heterocycles. The van der Waals surface area contributed by atoms with Crippen molar-refractivity contribution in [2.75, 3.05) is 4.90 Å². The van der Waals surface area contributed by atoms with Crippen LogP contribution in [0, 0.1) is 5.92 Å². The van der Waals surface area contributed by atoms with Crippen LogP contribution in [0.4, 0.5) is 5.69 Å². The molecule has 1 saturated heterocycles. The molecule has 1 atom stereocenters. The van der Waals surface area contributed by atoms with Crippen molar-refractivity contribution in [3.8, 4) is 0 Å². The Morgan fingerprint density at radius 1 is 1.50 bits per heavy atom. The van der Waals surface area contributed by atoms with Gasteiger partial charge in [0.1, 0.15) is 4.99 Å². The van der Waals surface area contributed by atoms with E-state index >= 15 is 0 Å². The van der Waals surface area contributed by atoms with Gasteiger partial charge in [-0.2, -0.15) is 0 Å². The van der Waals surface area contributed by atoms with Crippen molar-refractivity contribution in [3.63, 3.8) is 0 Å². The highest BCUT2D eigenvalue weighted by molar-refractivity contribution is 9.10. The maximum Gasteiger partial charge on any atom is 0.237 e. The monoisotopic (exact) mass is 326 g/mol. The fraction of sp³-hybridized carbons (Fsp3) is 0.250. The number of rotatable bonds is 2. The van der Waals surface area contributed by atoms with E-state index in [0.29, 0.717) is 11.3 Å². The van der Waals surface area contributed by atoms with Gasteiger partial charge in [0.05, 0.1) is 5.69 Å². The zero-order valence-corrected chi connectivity index (χ0v) is 12.0. The zero-order chi connectivity index (χ0) is 13.4. The van der Waals surface area contributed by atoms with E-state index in [1.807, 2.05) is 0 Å². The maximum atomic E-state index is 12.0. The lowest BCUT2D eigenvalue weighted by atomic mass is 10.1. The molecule has 1 aromatic carbocycles. The maximum absolute atomic E-state index is 12.0. The second kappa shape index (κ2) is 4.78. The van der Waals surface area contributed by atoms with Crippen LogP contribution in [0.2, 0.25) is 0 Å². The Morgan fingerprint density at radius 3 is 2.67 bits per heavy atom. The van der Waals surface area contributed by atoms with Crippen LogP contribution in [0.25, 0.3) is 0 Å². The van der Waals surface area contributed by atoms with Crippen LogP contribution in [0.15, 0.2) is 22.7 Å². The molecule has 1 aliphatic rings. The number of hydrogen-bond acceptors (Lipinski definition) is 3. The summed E-state index contributed by atoms with van der Waals surface area (Å²) in [4.78, 5) is 25.2. The first-order valence-corrected chi connectivity index (χ1v) is 6.58. The van der Waals surface area contributed by atoms with Gasteiger partial charge in [-0.1, -0.05) is 35.1 Å². The van der Waals surface area contributed by atoms with Gasteiger partial charge in [-0.15, -0.1) is 0 Å². The predicted molar refractivity (Wildman–Crippen MR) is 76.3 cm³/mol. The van der Waals surface area contributed by atoms with Crippen molar-refractivity contribution in [3.05, 3.63) is 28.2 Å². The van der Waals surface area contributed by atoms with E-state index in [9.17, 15) is 9.59 Å². The van der Waals surface area contributed by atoms with Crippen molar-refractivity contribution in [2.24, 2.45) is 11.7 Å². The molecular formula is C12H11BrN2O2S. The lowest BCUT2D eigenvalue weighted by Crippen LogP contribution is -2.32. The molecule has 18 heavy (non-hydrogen) atoms. The van der Waals surface area contributed by atoms with Crippen molar-refractivity contribution in [2.45, 2.75) is 13.3 Å². The number of carbonyl (C=O) groups is 2. The van der Waals surface area contributed by atoms with Gasteiger partial charge in [0.2, 0.25) is 11.8 Å². The van der Waals surface area contributed by atoms with Gasteiger partial charge in [-0.25, -0.2) is 4.90 Å². The number of halogens is 1. The molecule has 6 heteroatoms. The van der Waals surface area contributed by atoms with E-state index in [0.717, 1.165) is 4.47 Å². The number of hydrogen-bond donors (Lipinski definition) is 1. The summed E-state index contributed by atoms with van der Waals surface area (Å²) in [5.74, 6) is -0.715. The number of nitrogens with zero attached hydrogens (tertiary/aromatic N) is 1. The quantitative estimate of drug-likeness (QED) is 0.666. The van der Waals surface area contributed by atoms with Crippen LogP contribution >= 0.6 is 28.1 Å². The number of nitrogens with two attached hydrogens (primary N) is 1. The molecule has 1 aromatic rings. The average Bonchev–Trinajstić information content (AvgIpc) is 2.54. The molecule has 0 spiro atoms. The summed E-state index contributed by atoms with van der Waals surface area (Å²) < 4.78 is 0.793. The van der Waals surface area contributed by atoms with E-state index in [4.69, 9.17) is 18.0 Å². The van der Waals surface area contributed by atoms with Crippen molar-refractivity contribution in [1.29, 1.82) is 0 Å². The fourth-order valence-electron chi connectivity index (χ4n) is 1.94. The minimum Gasteiger partial charge on any atom is -0.389 e. The van der Waals surface area contributed by atoms with E-state index in [2.05, 4.69) is 15.9 Å². The average molecular weight is 327 g/mol. The highest BCUT2D eigenvalue weighted by atomic mass is 79.9. The number of imide groups is 1. The van der Waals surface area contributed by atoms with Crippen LogP contribution in [0.5, 0.6) is 0 Å². The lowest BCUT2D eigenvalue weighted by molar-refractivity contribution is -0.122. The molecule has 2 rings (SSSR count). The van der Waals surface area contributed by atoms with E-state index in [1.165, 1.54) is 4.90 Å². The highest BCUT2D eigenvalue weighted by Crippen LogP contribution is 2.30. The SMILES string of the molecule is CC1CC(=O)N(c2ccc(Br)cc2C(N)=S)C1=O. The molecule has 94 valence electrons. The van der Waals surface area contributed by atoms with Gasteiger partial charge >= 0.3 is 0 Å². The summed E-state index contributed by atoms with van der Waals surface area (Å²) in [6, 6.07) is 5.13. The summed E-state index contributed by atoms with van der Waals surface area (Å²) in [6.45, 7) is 1.74. The molecule has 1 fully saturated rings. The Bertz CT molecular complexity index is 559. The van der Waals surface area contributed by atoms with Gasteiger partial charge in [0, 0.05) is 22.4 Å². The molecule has 1 heterocycles. The molecule has 1 aliphatic heterocycles. The Kier molecular flexibility index (Phi) is 3.49. The van der Waals surface area contributed by atoms with Gasteiger partial charge in [-0.05, 0) is 18.2 Å². The van der Waals surface area contributed by atoms with Gasteiger partial charge in [-0.3, -0.25) is 9.59 Å². The Hall–Kier alpha value is -1.27. The molecule has 0 saturated carbocycles. The number of anilines is 1. The van der Waals surface area contributed by atoms with Crippen LogP contribution in [0.3, 0.4) is 0 Å². The number of carbonyl (C=O) groups excluding carboxylic acids is 2. The van der Waals surface area contributed by atoms with E-state index < -0.39 is 0 Å². The Morgan fingerprint density at radius 2 is 2.17 bits per heavy atom. The number of benzene rings is 1. The summed E-state index contributed by atoms with van der Waals surface area (Å²) >= 11 is 8.27. The first kappa shape index (κ1) is 13.2. The number of amides is 2. The third-order valence-electron chi connectivity index (χ3n) is 2.84. The summed E-state index contributed by atoms with van der Waals surface area (Å²) in [6.07, 6.45) is 0.228. The van der Waals surface area contributed by atoms with Crippen molar-refractivity contribution < 1.29 is 9.59 Å². The van der Waals surface area contributed by atoms with Gasteiger partial charge < -0.3 is 5.73 Å². The molecule has 0 aliphatic carbocycles. The van der Waals surface area contributed by atoms with E-state index in [-0.39, 0.29) is 29.1 Å². The molecule has 2 N–H and O–H groups in total. The smallest absolute Gasteiger partial charge is 0.237 e. The van der Waals surface area contributed by atoms with Gasteiger partial charge in [0.15, 0.2) is 0 Å². The van der Waals surface area contributed by atoms with Crippen LogP contribution < -0.4 is 10.6 Å². The first-order chi connectivity index (χ1) is 8.41. The minimum absolute atomic E-state index is 0.159.